The summed E-state index contributed by atoms with van der Waals surface area (Å²) in [6.45, 7) is 4.92. The largest absolute Gasteiger partial charge is 0.506 e. The highest BCUT2D eigenvalue weighted by molar-refractivity contribution is 5.87. The van der Waals surface area contributed by atoms with Crippen LogP contribution in [0.2, 0.25) is 0 Å². The summed E-state index contributed by atoms with van der Waals surface area (Å²) in [5.74, 6) is 1.02. The van der Waals surface area contributed by atoms with Gasteiger partial charge >= 0.3 is 0 Å². The summed E-state index contributed by atoms with van der Waals surface area (Å²) in [4.78, 5) is 0. The number of benzene rings is 2. The zero-order chi connectivity index (χ0) is 15.4. The minimum Gasteiger partial charge on any atom is -0.506 e. The summed E-state index contributed by atoms with van der Waals surface area (Å²) in [5.41, 5.74) is 2.30. The first-order valence-electron chi connectivity index (χ1n) is 7.37. The smallest absolute Gasteiger partial charge is 0.141 e. The Kier molecular flexibility index (Phi) is 4.15. The molecule has 0 saturated carbocycles. The third kappa shape index (κ3) is 2.98. The monoisotopic (exact) mass is 293 g/mol. The van der Waals surface area contributed by atoms with Gasteiger partial charge in [-0.25, -0.2) is 0 Å². The van der Waals surface area contributed by atoms with Crippen molar-refractivity contribution in [3.63, 3.8) is 0 Å². The van der Waals surface area contributed by atoms with Gasteiger partial charge in [-0.2, -0.15) is 0 Å². The van der Waals surface area contributed by atoms with E-state index in [1.807, 2.05) is 36.4 Å². The standard InChI is InChI=1S/C19H19NO2/c1-2-12-22-16-8-9-18-17(13-16)19(21)14-20(18)11-10-15-6-4-3-5-7-15/h2-9,13-14,21H,1,10-12H2. The van der Waals surface area contributed by atoms with Crippen LogP contribution in [0.4, 0.5) is 0 Å². The molecule has 3 rings (SSSR count). The number of aryl methyl sites for hydroxylation is 2. The summed E-state index contributed by atoms with van der Waals surface area (Å²) < 4.78 is 7.60. The van der Waals surface area contributed by atoms with E-state index in [0.29, 0.717) is 6.61 Å². The number of fused-ring (bicyclic) bond motifs is 1. The highest BCUT2D eigenvalue weighted by Crippen LogP contribution is 2.30. The van der Waals surface area contributed by atoms with Crippen molar-refractivity contribution in [3.8, 4) is 11.5 Å². The number of hydrogen-bond donors (Lipinski definition) is 1. The van der Waals surface area contributed by atoms with Gasteiger partial charge in [-0.05, 0) is 30.2 Å². The first-order chi connectivity index (χ1) is 10.8. The topological polar surface area (TPSA) is 34.4 Å². The quantitative estimate of drug-likeness (QED) is 0.693. The molecule has 0 bridgehead atoms. The van der Waals surface area contributed by atoms with Crippen molar-refractivity contribution >= 4 is 10.9 Å². The van der Waals surface area contributed by atoms with E-state index in [1.54, 1.807) is 12.3 Å². The van der Waals surface area contributed by atoms with Gasteiger partial charge in [0.15, 0.2) is 0 Å². The van der Waals surface area contributed by atoms with E-state index in [9.17, 15) is 5.11 Å². The highest BCUT2D eigenvalue weighted by atomic mass is 16.5. The van der Waals surface area contributed by atoms with Crippen LogP contribution < -0.4 is 4.74 Å². The molecular formula is C19H19NO2. The van der Waals surface area contributed by atoms with Gasteiger partial charge < -0.3 is 14.4 Å². The number of ether oxygens (including phenoxy) is 1. The van der Waals surface area contributed by atoms with Gasteiger partial charge in [-0.15, -0.1) is 0 Å². The SMILES string of the molecule is C=CCOc1ccc2c(c1)c(O)cn2CCc1ccccc1. The molecule has 0 unspecified atom stereocenters. The lowest BCUT2D eigenvalue weighted by atomic mass is 10.1. The Balaban J connectivity index is 1.83. The second-order valence-electron chi connectivity index (χ2n) is 5.22. The lowest BCUT2D eigenvalue weighted by Gasteiger charge is -2.07. The van der Waals surface area contributed by atoms with E-state index in [2.05, 4.69) is 23.3 Å². The van der Waals surface area contributed by atoms with Gasteiger partial charge in [-0.3, -0.25) is 0 Å². The van der Waals surface area contributed by atoms with Crippen LogP contribution >= 0.6 is 0 Å². The van der Waals surface area contributed by atoms with Crippen molar-refractivity contribution < 1.29 is 9.84 Å². The molecule has 1 aromatic heterocycles. The van der Waals surface area contributed by atoms with Gasteiger partial charge in [0.05, 0.1) is 5.52 Å². The molecule has 0 fully saturated rings. The van der Waals surface area contributed by atoms with Crippen LogP contribution in [0.3, 0.4) is 0 Å². The van der Waals surface area contributed by atoms with E-state index < -0.39 is 0 Å². The molecule has 3 nitrogen and oxygen atoms in total. The molecule has 0 saturated heterocycles. The molecule has 0 aliphatic rings. The Bertz CT molecular complexity index is 775. The highest BCUT2D eigenvalue weighted by Gasteiger charge is 2.09. The fourth-order valence-corrected chi connectivity index (χ4v) is 2.58. The second kappa shape index (κ2) is 6.39. The fraction of sp³-hybridized carbons (Fsp3) is 0.158. The fourth-order valence-electron chi connectivity index (χ4n) is 2.58. The van der Waals surface area contributed by atoms with Crippen molar-refractivity contribution in [1.82, 2.24) is 4.57 Å². The number of hydrogen-bond acceptors (Lipinski definition) is 2. The first-order valence-corrected chi connectivity index (χ1v) is 7.37. The van der Waals surface area contributed by atoms with Crippen LogP contribution in [0.25, 0.3) is 10.9 Å². The molecule has 112 valence electrons. The lowest BCUT2D eigenvalue weighted by molar-refractivity contribution is 0.363. The van der Waals surface area contributed by atoms with E-state index in [0.717, 1.165) is 29.6 Å². The molecule has 22 heavy (non-hydrogen) atoms. The Labute approximate surface area is 130 Å². The van der Waals surface area contributed by atoms with Gasteiger partial charge in [0.2, 0.25) is 0 Å². The summed E-state index contributed by atoms with van der Waals surface area (Å²) >= 11 is 0. The van der Waals surface area contributed by atoms with E-state index in [-0.39, 0.29) is 5.75 Å². The van der Waals surface area contributed by atoms with Crippen LogP contribution in [0.15, 0.2) is 67.4 Å². The number of nitrogens with zero attached hydrogens (tertiary/aromatic N) is 1. The predicted molar refractivity (Wildman–Crippen MR) is 89.4 cm³/mol. The Hall–Kier alpha value is -2.68. The molecule has 0 amide bonds. The molecule has 0 spiro atoms. The van der Waals surface area contributed by atoms with Crippen LogP contribution in [0.5, 0.6) is 11.5 Å². The maximum Gasteiger partial charge on any atom is 0.141 e. The van der Waals surface area contributed by atoms with Crippen molar-refractivity contribution in [3.05, 3.63) is 72.9 Å². The minimum absolute atomic E-state index is 0.284. The van der Waals surface area contributed by atoms with Gasteiger partial charge in [0.25, 0.3) is 0 Å². The van der Waals surface area contributed by atoms with Crippen LogP contribution in [0.1, 0.15) is 5.56 Å². The lowest BCUT2D eigenvalue weighted by Crippen LogP contribution is -1.99. The van der Waals surface area contributed by atoms with Crippen molar-refractivity contribution in [2.75, 3.05) is 6.61 Å². The zero-order valence-corrected chi connectivity index (χ0v) is 12.4. The molecular weight excluding hydrogens is 274 g/mol. The number of aromatic nitrogens is 1. The van der Waals surface area contributed by atoms with Gasteiger partial charge in [0, 0.05) is 18.1 Å². The predicted octanol–water partition coefficient (Wildman–Crippen LogP) is 4.15. The molecule has 2 aromatic carbocycles. The van der Waals surface area contributed by atoms with Gasteiger partial charge in [0.1, 0.15) is 18.1 Å². The maximum absolute atomic E-state index is 10.1. The van der Waals surface area contributed by atoms with Crippen LogP contribution in [-0.4, -0.2) is 16.3 Å². The molecule has 0 radical (unpaired) electrons. The number of aromatic hydroxyl groups is 1. The summed E-state index contributed by atoms with van der Waals surface area (Å²) in [6, 6.07) is 16.1. The first kappa shape index (κ1) is 14.3. The molecule has 0 aliphatic heterocycles. The summed E-state index contributed by atoms with van der Waals surface area (Å²) in [6.07, 6.45) is 4.42. The van der Waals surface area contributed by atoms with E-state index in [1.165, 1.54) is 5.56 Å². The molecule has 3 heteroatoms. The van der Waals surface area contributed by atoms with E-state index >= 15 is 0 Å². The normalized spacial score (nSPS) is 10.7. The van der Waals surface area contributed by atoms with Gasteiger partial charge in [-0.1, -0.05) is 43.0 Å². The van der Waals surface area contributed by atoms with Crippen molar-refractivity contribution in [2.24, 2.45) is 0 Å². The molecule has 1 heterocycles. The Morgan fingerprint density at radius 1 is 1.14 bits per heavy atom. The third-order valence-electron chi connectivity index (χ3n) is 3.68. The zero-order valence-electron chi connectivity index (χ0n) is 12.4. The molecule has 1 N–H and O–H groups in total. The summed E-state index contributed by atoms with van der Waals surface area (Å²) in [7, 11) is 0. The second-order valence-corrected chi connectivity index (χ2v) is 5.22. The van der Waals surface area contributed by atoms with Crippen molar-refractivity contribution in [1.29, 1.82) is 0 Å². The van der Waals surface area contributed by atoms with Crippen LogP contribution in [-0.2, 0) is 13.0 Å². The molecule has 3 aromatic rings. The third-order valence-corrected chi connectivity index (χ3v) is 3.68. The summed E-state index contributed by atoms with van der Waals surface area (Å²) in [5, 5.41) is 11.0. The minimum atomic E-state index is 0.284. The molecule has 0 aliphatic carbocycles. The Morgan fingerprint density at radius 3 is 2.73 bits per heavy atom. The molecule has 0 atom stereocenters. The van der Waals surface area contributed by atoms with Crippen molar-refractivity contribution in [2.45, 2.75) is 13.0 Å². The maximum atomic E-state index is 10.1. The average Bonchev–Trinajstić information content (AvgIpc) is 2.88. The number of rotatable bonds is 6. The van der Waals surface area contributed by atoms with E-state index in [4.69, 9.17) is 4.74 Å². The Morgan fingerprint density at radius 2 is 1.95 bits per heavy atom. The van der Waals surface area contributed by atoms with Crippen LogP contribution in [0, 0.1) is 0 Å². The average molecular weight is 293 g/mol.